The number of carbonyl (C=O) groups is 1. The molecular formula is C17H15FN2O4S2. The van der Waals surface area contributed by atoms with E-state index in [0.717, 1.165) is 16.8 Å². The minimum atomic E-state index is -3.66. The van der Waals surface area contributed by atoms with Crippen molar-refractivity contribution in [3.63, 3.8) is 0 Å². The number of carbonyl (C=O) groups excluding carboxylic acids is 1. The van der Waals surface area contributed by atoms with Crippen molar-refractivity contribution in [2.24, 2.45) is 0 Å². The molecule has 0 spiro atoms. The van der Waals surface area contributed by atoms with Crippen LogP contribution in [0.3, 0.4) is 0 Å². The molecule has 6 nitrogen and oxygen atoms in total. The Hall–Kier alpha value is -2.52. The molecule has 3 rings (SSSR count). The SMILES string of the molecule is COc1ccc2nc(NC(=O)CCS(=O)(=O)c3ccc(F)cc3)sc2c1. The van der Waals surface area contributed by atoms with E-state index in [-0.39, 0.29) is 17.1 Å². The Morgan fingerprint density at radius 3 is 2.65 bits per heavy atom. The number of benzene rings is 2. The molecule has 0 bridgehead atoms. The fourth-order valence-corrected chi connectivity index (χ4v) is 4.41. The summed E-state index contributed by atoms with van der Waals surface area (Å²) in [5, 5.41) is 2.99. The second-order valence-corrected chi connectivity index (χ2v) is 8.56. The lowest BCUT2D eigenvalue weighted by molar-refractivity contribution is -0.115. The molecular weight excluding hydrogens is 379 g/mol. The van der Waals surface area contributed by atoms with Crippen molar-refractivity contribution < 1.29 is 22.3 Å². The van der Waals surface area contributed by atoms with Crippen molar-refractivity contribution in [2.75, 3.05) is 18.2 Å². The quantitative estimate of drug-likeness (QED) is 0.649. The molecule has 0 radical (unpaired) electrons. The summed E-state index contributed by atoms with van der Waals surface area (Å²) in [6.07, 6.45) is -0.223. The normalized spacial score (nSPS) is 11.5. The predicted molar refractivity (Wildman–Crippen MR) is 97.9 cm³/mol. The van der Waals surface area contributed by atoms with Gasteiger partial charge in [0.2, 0.25) is 5.91 Å². The van der Waals surface area contributed by atoms with Gasteiger partial charge >= 0.3 is 0 Å². The number of halogens is 1. The van der Waals surface area contributed by atoms with Crippen molar-refractivity contribution in [2.45, 2.75) is 11.3 Å². The lowest BCUT2D eigenvalue weighted by Crippen LogP contribution is -2.17. The Bertz CT molecular complexity index is 1050. The van der Waals surface area contributed by atoms with Gasteiger partial charge in [0.1, 0.15) is 11.6 Å². The predicted octanol–water partition coefficient (Wildman–Crippen LogP) is 3.25. The van der Waals surface area contributed by atoms with Crippen molar-refractivity contribution in [3.05, 3.63) is 48.3 Å². The number of hydrogen-bond donors (Lipinski definition) is 1. The molecule has 1 N–H and O–H groups in total. The van der Waals surface area contributed by atoms with E-state index < -0.39 is 21.6 Å². The number of hydrogen-bond acceptors (Lipinski definition) is 6. The molecule has 0 aliphatic carbocycles. The third-order valence-electron chi connectivity index (χ3n) is 3.61. The van der Waals surface area contributed by atoms with Gasteiger partial charge in [-0.15, -0.1) is 0 Å². The maximum absolute atomic E-state index is 12.9. The van der Waals surface area contributed by atoms with Gasteiger partial charge in [-0.05, 0) is 42.5 Å². The monoisotopic (exact) mass is 394 g/mol. The van der Waals surface area contributed by atoms with Gasteiger partial charge < -0.3 is 10.1 Å². The Balaban J connectivity index is 1.64. The number of rotatable bonds is 6. The van der Waals surface area contributed by atoms with Gasteiger partial charge in [-0.3, -0.25) is 4.79 Å². The van der Waals surface area contributed by atoms with E-state index in [1.54, 1.807) is 19.2 Å². The number of fused-ring (bicyclic) bond motifs is 1. The number of ether oxygens (including phenoxy) is 1. The first-order chi connectivity index (χ1) is 12.4. The van der Waals surface area contributed by atoms with Crippen molar-refractivity contribution >= 4 is 42.4 Å². The zero-order valence-corrected chi connectivity index (χ0v) is 15.4. The van der Waals surface area contributed by atoms with Gasteiger partial charge in [-0.1, -0.05) is 11.3 Å². The number of anilines is 1. The summed E-state index contributed by atoms with van der Waals surface area (Å²) in [6.45, 7) is 0. The number of nitrogens with one attached hydrogen (secondary N) is 1. The van der Waals surface area contributed by atoms with Crippen LogP contribution < -0.4 is 10.1 Å². The van der Waals surface area contributed by atoms with Crippen molar-refractivity contribution in [1.29, 1.82) is 0 Å². The van der Waals surface area contributed by atoms with Gasteiger partial charge in [-0.2, -0.15) is 0 Å². The molecule has 0 saturated carbocycles. The standard InChI is InChI=1S/C17H15FN2O4S2/c1-24-12-4-7-14-15(10-12)25-17(19-14)20-16(21)8-9-26(22,23)13-5-2-11(18)3-6-13/h2-7,10H,8-9H2,1H3,(H,19,20,21). The minimum Gasteiger partial charge on any atom is -0.497 e. The zero-order chi connectivity index (χ0) is 18.7. The maximum atomic E-state index is 12.9. The van der Waals surface area contributed by atoms with Crippen LogP contribution >= 0.6 is 11.3 Å². The van der Waals surface area contributed by atoms with Crippen LogP contribution in [-0.4, -0.2) is 32.2 Å². The molecule has 0 atom stereocenters. The summed E-state index contributed by atoms with van der Waals surface area (Å²) in [5.41, 5.74) is 0.713. The van der Waals surface area contributed by atoms with Crippen LogP contribution in [0.5, 0.6) is 5.75 Å². The molecule has 3 aromatic rings. The van der Waals surface area contributed by atoms with Crippen molar-refractivity contribution in [3.8, 4) is 5.75 Å². The molecule has 2 aromatic carbocycles. The lowest BCUT2D eigenvalue weighted by Gasteiger charge is -2.04. The topological polar surface area (TPSA) is 85.4 Å². The molecule has 0 saturated heterocycles. The molecule has 9 heteroatoms. The summed E-state index contributed by atoms with van der Waals surface area (Å²) in [7, 11) is -2.10. The fraction of sp³-hybridized carbons (Fsp3) is 0.176. The van der Waals surface area contributed by atoms with Gasteiger partial charge in [0.25, 0.3) is 0 Å². The highest BCUT2D eigenvalue weighted by Gasteiger charge is 2.17. The van der Waals surface area contributed by atoms with Crippen LogP contribution in [0.15, 0.2) is 47.4 Å². The lowest BCUT2D eigenvalue weighted by atomic mass is 10.3. The van der Waals surface area contributed by atoms with Crippen LogP contribution in [0.2, 0.25) is 0 Å². The highest BCUT2D eigenvalue weighted by molar-refractivity contribution is 7.91. The highest BCUT2D eigenvalue weighted by Crippen LogP contribution is 2.29. The first-order valence-electron chi connectivity index (χ1n) is 7.60. The molecule has 0 aliphatic rings. The Morgan fingerprint density at radius 2 is 1.96 bits per heavy atom. The molecule has 0 fully saturated rings. The van der Waals surface area contributed by atoms with Gasteiger partial charge in [0, 0.05) is 6.42 Å². The second kappa shape index (κ2) is 7.38. The van der Waals surface area contributed by atoms with E-state index in [4.69, 9.17) is 4.74 Å². The third-order valence-corrected chi connectivity index (χ3v) is 6.28. The number of nitrogens with zero attached hydrogens (tertiary/aromatic N) is 1. The summed E-state index contributed by atoms with van der Waals surface area (Å²) in [5.74, 6) is -0.663. The van der Waals surface area contributed by atoms with Crippen molar-refractivity contribution in [1.82, 2.24) is 4.98 Å². The molecule has 0 unspecified atom stereocenters. The van der Waals surface area contributed by atoms with Gasteiger partial charge in [0.05, 0.1) is 28.0 Å². The molecule has 1 amide bonds. The molecule has 0 aliphatic heterocycles. The van der Waals surface area contributed by atoms with Crippen LogP contribution in [-0.2, 0) is 14.6 Å². The third kappa shape index (κ3) is 4.17. The Morgan fingerprint density at radius 1 is 1.23 bits per heavy atom. The van der Waals surface area contributed by atoms with E-state index in [1.807, 2.05) is 6.07 Å². The van der Waals surface area contributed by atoms with Crippen LogP contribution in [0.1, 0.15) is 6.42 Å². The number of methoxy groups -OCH3 is 1. The number of amides is 1. The smallest absolute Gasteiger partial charge is 0.227 e. The van der Waals surface area contributed by atoms with E-state index in [9.17, 15) is 17.6 Å². The maximum Gasteiger partial charge on any atom is 0.227 e. The molecule has 26 heavy (non-hydrogen) atoms. The molecule has 1 aromatic heterocycles. The summed E-state index contributed by atoms with van der Waals surface area (Å²) >= 11 is 1.27. The Kier molecular flexibility index (Phi) is 5.19. The summed E-state index contributed by atoms with van der Waals surface area (Å²) in [4.78, 5) is 16.3. The highest BCUT2D eigenvalue weighted by atomic mass is 32.2. The largest absolute Gasteiger partial charge is 0.497 e. The summed E-state index contributed by atoms with van der Waals surface area (Å²) < 4.78 is 43.2. The molecule has 1 heterocycles. The summed E-state index contributed by atoms with van der Waals surface area (Å²) in [6, 6.07) is 9.86. The first-order valence-corrected chi connectivity index (χ1v) is 10.1. The average molecular weight is 394 g/mol. The molecule has 136 valence electrons. The van der Waals surface area contributed by atoms with E-state index in [2.05, 4.69) is 10.3 Å². The van der Waals surface area contributed by atoms with E-state index in [1.165, 1.54) is 23.5 Å². The zero-order valence-electron chi connectivity index (χ0n) is 13.7. The van der Waals surface area contributed by atoms with E-state index >= 15 is 0 Å². The second-order valence-electron chi connectivity index (χ2n) is 5.42. The van der Waals surface area contributed by atoms with Gasteiger partial charge in [0.15, 0.2) is 15.0 Å². The number of sulfone groups is 1. The van der Waals surface area contributed by atoms with Gasteiger partial charge in [-0.25, -0.2) is 17.8 Å². The van der Waals surface area contributed by atoms with Crippen LogP contribution in [0, 0.1) is 5.82 Å². The number of aromatic nitrogens is 1. The van der Waals surface area contributed by atoms with Crippen LogP contribution in [0.4, 0.5) is 9.52 Å². The average Bonchev–Trinajstić information content (AvgIpc) is 3.01. The Labute approximate surface area is 153 Å². The number of thiazole rings is 1. The fourth-order valence-electron chi connectivity index (χ4n) is 2.25. The van der Waals surface area contributed by atoms with Crippen LogP contribution in [0.25, 0.3) is 10.2 Å². The minimum absolute atomic E-state index is 0.0150. The van der Waals surface area contributed by atoms with E-state index in [0.29, 0.717) is 16.4 Å². The first kappa shape index (κ1) is 18.3.